The second kappa shape index (κ2) is 12.5. The summed E-state index contributed by atoms with van der Waals surface area (Å²) >= 11 is 0. The van der Waals surface area contributed by atoms with Gasteiger partial charge in [-0.2, -0.15) is 10.0 Å². The summed E-state index contributed by atoms with van der Waals surface area (Å²) in [6, 6.07) is 57.5. The third-order valence-electron chi connectivity index (χ3n) is 12.1. The lowest BCUT2D eigenvalue weighted by Gasteiger charge is -2.47. The minimum absolute atomic E-state index is 0.0202. The zero-order valence-electron chi connectivity index (χ0n) is 30.3. The number of anilines is 2. The van der Waals surface area contributed by atoms with E-state index in [1.807, 2.05) is 0 Å². The van der Waals surface area contributed by atoms with E-state index in [0.717, 1.165) is 6.42 Å². The van der Waals surface area contributed by atoms with E-state index >= 15 is 0 Å². The number of hydrogen-bond acceptors (Lipinski definition) is 1. The van der Waals surface area contributed by atoms with Crippen molar-refractivity contribution >= 4 is 27.0 Å². The summed E-state index contributed by atoms with van der Waals surface area (Å²) in [6.07, 6.45) is 17.6. The fourth-order valence-corrected chi connectivity index (χ4v) is 13.9. The van der Waals surface area contributed by atoms with Gasteiger partial charge in [0.15, 0.2) is 0 Å². The van der Waals surface area contributed by atoms with Crippen LogP contribution in [0.3, 0.4) is 0 Å². The molecule has 0 radical (unpaired) electrons. The van der Waals surface area contributed by atoms with E-state index < -0.39 is 10.0 Å². The zero-order chi connectivity index (χ0) is 35.6. The van der Waals surface area contributed by atoms with Crippen molar-refractivity contribution in [3.63, 3.8) is 0 Å². The van der Waals surface area contributed by atoms with Crippen molar-refractivity contribution in [3.05, 3.63) is 216 Å². The molecule has 0 aromatic heterocycles. The fourth-order valence-electron chi connectivity index (χ4n) is 9.57. The molecule has 0 spiro atoms. The van der Waals surface area contributed by atoms with Crippen molar-refractivity contribution in [2.45, 2.75) is 57.6 Å². The first-order valence-electron chi connectivity index (χ1n) is 18.9. The topological polar surface area (TPSA) is 3.24 Å². The molecule has 1 nitrogen and oxygen atoms in total. The van der Waals surface area contributed by atoms with E-state index in [-0.39, 0.29) is 16.7 Å². The average molecular weight is 702 g/mol. The Morgan fingerprint density at radius 1 is 0.585 bits per heavy atom. The minimum Gasteiger partial charge on any atom is -0.333 e. The molecular weight excluding hydrogens is 659 g/mol. The van der Waals surface area contributed by atoms with Crippen LogP contribution in [0.1, 0.15) is 48.4 Å². The van der Waals surface area contributed by atoms with Gasteiger partial charge < -0.3 is 4.90 Å². The molecule has 1 aliphatic heterocycles. The molecule has 2 heteroatoms. The van der Waals surface area contributed by atoms with Gasteiger partial charge in [-0.05, 0) is 110 Å². The predicted octanol–water partition coefficient (Wildman–Crippen LogP) is 13.4. The first kappa shape index (κ1) is 32.1. The molecule has 3 aliphatic carbocycles. The number of rotatable bonds is 6. The van der Waals surface area contributed by atoms with Gasteiger partial charge >= 0.3 is 0 Å². The number of benzene rings is 6. The molecule has 4 aliphatic rings. The first-order chi connectivity index (χ1) is 26.0. The van der Waals surface area contributed by atoms with Crippen LogP contribution in [0.25, 0.3) is 16.7 Å². The number of hydrogen-bond donors (Lipinski definition) is 0. The van der Waals surface area contributed by atoms with Crippen LogP contribution in [0.2, 0.25) is 0 Å². The van der Waals surface area contributed by atoms with Crippen LogP contribution in [0.15, 0.2) is 209 Å². The highest BCUT2D eigenvalue weighted by Crippen LogP contribution is 2.73. The molecule has 0 N–H and O–H groups in total. The van der Waals surface area contributed by atoms with Crippen LogP contribution in [0, 0.1) is 0 Å². The van der Waals surface area contributed by atoms with Gasteiger partial charge in [0.05, 0.1) is 6.04 Å². The van der Waals surface area contributed by atoms with E-state index in [4.69, 9.17) is 0 Å². The molecule has 0 fully saturated rings. The Bertz CT molecular complexity index is 2430. The lowest BCUT2D eigenvalue weighted by molar-refractivity contribution is 0.660. The van der Waals surface area contributed by atoms with Crippen LogP contribution >= 0.6 is 10.0 Å². The molecule has 0 saturated carbocycles. The largest absolute Gasteiger partial charge is 0.333 e. The van der Waals surface area contributed by atoms with Crippen LogP contribution in [0.5, 0.6) is 0 Å². The number of nitrogens with zero attached hydrogens (tertiary/aromatic N) is 1. The molecular formula is C51H43NS. The van der Waals surface area contributed by atoms with Gasteiger partial charge in [0.2, 0.25) is 0 Å². The summed E-state index contributed by atoms with van der Waals surface area (Å²) in [7, 11) is -1.76. The number of para-hydroxylation sites is 1. The molecule has 258 valence electrons. The predicted molar refractivity (Wildman–Crippen MR) is 225 cm³/mol. The van der Waals surface area contributed by atoms with Crippen LogP contribution < -0.4 is 4.90 Å². The molecule has 53 heavy (non-hydrogen) atoms. The molecule has 0 saturated heterocycles. The summed E-state index contributed by atoms with van der Waals surface area (Å²) in [5, 5.41) is 0.276. The highest BCUT2D eigenvalue weighted by molar-refractivity contribution is 8.34. The summed E-state index contributed by atoms with van der Waals surface area (Å²) in [5.74, 6) is 0.326. The Hall–Kier alpha value is -5.57. The van der Waals surface area contributed by atoms with Crippen LogP contribution in [-0.2, 0) is 5.41 Å². The lowest BCUT2D eigenvalue weighted by Crippen LogP contribution is -2.28. The molecule has 1 heterocycles. The molecule has 10 rings (SSSR count). The van der Waals surface area contributed by atoms with Crippen molar-refractivity contribution in [2.24, 2.45) is 0 Å². The maximum atomic E-state index is 2.58. The summed E-state index contributed by atoms with van der Waals surface area (Å²) in [4.78, 5) is 6.78. The zero-order valence-corrected chi connectivity index (χ0v) is 31.1. The van der Waals surface area contributed by atoms with Gasteiger partial charge in [-0.15, -0.1) is 0 Å². The van der Waals surface area contributed by atoms with Gasteiger partial charge in [0, 0.05) is 32.9 Å². The van der Waals surface area contributed by atoms with Gasteiger partial charge in [0.25, 0.3) is 0 Å². The number of fused-ring (bicyclic) bond motifs is 6. The highest BCUT2D eigenvalue weighted by atomic mass is 32.3. The van der Waals surface area contributed by atoms with Crippen molar-refractivity contribution in [2.75, 3.05) is 4.90 Å². The molecule has 3 atom stereocenters. The second-order valence-corrected chi connectivity index (χ2v) is 18.6. The quantitative estimate of drug-likeness (QED) is 0.167. The van der Waals surface area contributed by atoms with Crippen LogP contribution in [-0.4, -0.2) is 11.3 Å². The summed E-state index contributed by atoms with van der Waals surface area (Å²) in [6.45, 7) is 4.74. The Morgan fingerprint density at radius 2 is 1.25 bits per heavy atom. The standard InChI is InChI=1S/C51H43NS/c1-51(2)47-24-14-12-22-43(47)44-32-28-37(34-48(44)51)36-26-29-41(30-27-36)53(39-18-8-4-9-19-39,40-20-10-5-11-21-40)42-31-33-46-45-23-13-15-25-49(45)52(50(46)35-42)38-16-6-3-7-17-38/h3-29,31-35,41,45,49H,30H2,1-2H3. The highest BCUT2D eigenvalue weighted by Gasteiger charge is 2.42. The van der Waals surface area contributed by atoms with Gasteiger partial charge in [0.1, 0.15) is 0 Å². The van der Waals surface area contributed by atoms with Crippen molar-refractivity contribution in [3.8, 4) is 11.1 Å². The van der Waals surface area contributed by atoms with E-state index in [9.17, 15) is 0 Å². The molecule has 6 aromatic carbocycles. The third kappa shape index (κ3) is 4.92. The normalized spacial score (nSPS) is 20.7. The molecule has 6 aromatic rings. The monoisotopic (exact) mass is 701 g/mol. The minimum atomic E-state index is -1.76. The molecule has 3 unspecified atom stereocenters. The Labute approximate surface area is 315 Å². The summed E-state index contributed by atoms with van der Waals surface area (Å²) in [5.41, 5.74) is 12.2. The first-order valence-corrected chi connectivity index (χ1v) is 20.6. The molecule has 0 bridgehead atoms. The average Bonchev–Trinajstić information content (AvgIpc) is 3.67. The summed E-state index contributed by atoms with van der Waals surface area (Å²) < 4.78 is 0. The maximum Gasteiger partial charge on any atom is 0.0629 e. The van der Waals surface area contributed by atoms with Crippen LogP contribution in [0.4, 0.5) is 11.4 Å². The number of allylic oxidation sites excluding steroid dienone is 5. The van der Waals surface area contributed by atoms with Crippen molar-refractivity contribution in [1.82, 2.24) is 0 Å². The second-order valence-electron chi connectivity index (χ2n) is 15.2. The van der Waals surface area contributed by atoms with E-state index in [2.05, 4.69) is 213 Å². The smallest absolute Gasteiger partial charge is 0.0629 e. The van der Waals surface area contributed by atoms with Gasteiger partial charge in [-0.25, -0.2) is 0 Å². The lowest BCUT2D eigenvalue weighted by atomic mass is 9.81. The fraction of sp³-hybridized carbons (Fsp3) is 0.137. The van der Waals surface area contributed by atoms with Gasteiger partial charge in [-0.3, -0.25) is 0 Å². The Kier molecular flexibility index (Phi) is 7.59. The maximum absolute atomic E-state index is 2.58. The van der Waals surface area contributed by atoms with Crippen molar-refractivity contribution in [1.29, 1.82) is 0 Å². The Balaban J connectivity index is 1.11. The van der Waals surface area contributed by atoms with Crippen molar-refractivity contribution < 1.29 is 0 Å². The van der Waals surface area contributed by atoms with E-state index in [1.54, 1.807) is 0 Å². The molecule has 0 amide bonds. The third-order valence-corrected chi connectivity index (χ3v) is 16.4. The SMILES string of the molecule is CC1(C)c2ccccc2-c2ccc(C3=CCC(S(c4ccccc4)(c4ccccc4)c4ccc5c(c4)N(c4ccccc4)C4C=CC=CC54)C=C3)cc21. The Morgan fingerprint density at radius 3 is 1.96 bits per heavy atom. The van der Waals surface area contributed by atoms with E-state index in [0.29, 0.717) is 5.92 Å². The van der Waals surface area contributed by atoms with E-state index in [1.165, 1.54) is 65.0 Å². The van der Waals surface area contributed by atoms with Gasteiger partial charge in [-0.1, -0.05) is 153 Å².